The second kappa shape index (κ2) is 30.5. The third kappa shape index (κ3) is 16.9. The van der Waals surface area contributed by atoms with Gasteiger partial charge in [-0.15, -0.1) is 13.2 Å². The number of nitrogens with zero attached hydrogens (tertiary/aromatic N) is 4. The van der Waals surface area contributed by atoms with Gasteiger partial charge in [0.2, 0.25) is 11.8 Å². The molecule has 0 amide bonds. The van der Waals surface area contributed by atoms with Gasteiger partial charge in [0.05, 0.1) is 26.4 Å². The van der Waals surface area contributed by atoms with Gasteiger partial charge in [0, 0.05) is 51.6 Å². The van der Waals surface area contributed by atoms with E-state index < -0.39 is 135 Å². The molecule has 2 aromatic carbocycles. The summed E-state index contributed by atoms with van der Waals surface area (Å²) in [5.74, 6) is -2.73. The molecule has 0 aliphatic carbocycles. The standard InChI is InChI=1S/C29H37FN3O10P.C27H33FN3O10P/c1-6-8-15-23(34)33-24(35)16-17-32(28(33)37)27-29(4,30)25(39-5)22(42-27)19-41-44(38,43-21-13-11-10-12-14-21)31-20(3)26(36)40-18-9-7-2;1-18-24(34)38-16-10-5-4-9-13-21(32)31-22(33)14-15-30(26(31)35)25-27(2,28)23(37-3)20(40-25)17-39-42(36,29-18)41-19-11-7-6-8-12-19/h6-7,10-14,16-17,20,22,25,27H,1-2,8-9,15,18-19H2,3-5H3,(H,31,38);4-8,11-12,14-15,18,20,23,25H,9-10,13,16-17H2,1-3H3,(H,29,36)/t20-,22?,25+,27?,29+,44?;18-,20?,23+,25?,27+,42?/m00/s1. The van der Waals surface area contributed by atoms with Gasteiger partial charge < -0.3 is 37.5 Å². The predicted molar refractivity (Wildman–Crippen MR) is 305 cm³/mol. The van der Waals surface area contributed by atoms with Crippen molar-refractivity contribution < 1.29 is 83.6 Å². The van der Waals surface area contributed by atoms with Crippen LogP contribution in [0.15, 0.2) is 142 Å². The van der Waals surface area contributed by atoms with Gasteiger partial charge in [-0.05, 0) is 77.6 Å². The number of methoxy groups -OCH3 is 2. The Morgan fingerprint density at radius 1 is 0.837 bits per heavy atom. The molecule has 3 aliphatic heterocycles. The third-order valence-electron chi connectivity index (χ3n) is 13.4. The molecule has 0 saturated carbocycles. The Morgan fingerprint density at radius 3 is 2.07 bits per heavy atom. The van der Waals surface area contributed by atoms with Crippen LogP contribution < -0.4 is 41.7 Å². The summed E-state index contributed by atoms with van der Waals surface area (Å²) in [6.45, 7) is 11.0. The summed E-state index contributed by atoms with van der Waals surface area (Å²) in [6.07, 6.45) is 0.629. The van der Waals surface area contributed by atoms with Crippen molar-refractivity contribution in [3.63, 3.8) is 0 Å². The highest BCUT2D eigenvalue weighted by Crippen LogP contribution is 2.50. The molecular formula is C56H70F2N6O20P2. The number of rotatable bonds is 19. The average Bonchev–Trinajstić information content (AvgIpc) is 1.61. The monoisotopic (exact) mass is 1250 g/mol. The molecule has 7 rings (SSSR count). The summed E-state index contributed by atoms with van der Waals surface area (Å²) < 4.78 is 118. The Kier molecular flexibility index (Phi) is 24.1. The number of carbonyl (C=O) groups is 4. The molecule has 4 bridgehead atoms. The summed E-state index contributed by atoms with van der Waals surface area (Å²) in [7, 11) is -6.25. The maximum Gasteiger partial charge on any atom is 0.459 e. The number of hydrogen-bond donors (Lipinski definition) is 2. The molecule has 86 heavy (non-hydrogen) atoms. The zero-order valence-corrected chi connectivity index (χ0v) is 49.9. The van der Waals surface area contributed by atoms with Gasteiger partial charge in [0.15, 0.2) is 23.8 Å². The Morgan fingerprint density at radius 2 is 1.43 bits per heavy atom. The molecule has 3 aliphatic rings. The van der Waals surface area contributed by atoms with Crippen LogP contribution in [0.4, 0.5) is 8.78 Å². The summed E-state index contributed by atoms with van der Waals surface area (Å²) in [5, 5.41) is 5.07. The zero-order valence-electron chi connectivity index (χ0n) is 48.1. The van der Waals surface area contributed by atoms with Crippen LogP contribution in [0, 0.1) is 0 Å². The molecule has 2 fully saturated rings. The van der Waals surface area contributed by atoms with E-state index in [9.17, 15) is 47.5 Å². The molecule has 0 spiro atoms. The van der Waals surface area contributed by atoms with Crippen LogP contribution >= 0.6 is 15.5 Å². The van der Waals surface area contributed by atoms with Crippen LogP contribution in [0.1, 0.15) is 88.3 Å². The summed E-state index contributed by atoms with van der Waals surface area (Å²) >= 11 is 0. The SMILES string of the molecule is C=CCCOC(=O)[C@H](C)NP(=O)(OCC1OC(n2ccc(=O)n(C(=O)CCC=C)c2=O)[C@](C)(F)[C@@H]1OC)Oc1ccccc1.CO[C@@H]1C2COP(=O)(Oc3ccccc3)N[C@@H](C)C(=O)OCCC=CCCC(=O)n3c(=O)ccn(c3=O)C(O2)[C@]1(C)F. The van der Waals surface area contributed by atoms with Crippen molar-refractivity contribution in [3.05, 3.63) is 164 Å². The summed E-state index contributed by atoms with van der Waals surface area (Å²) in [5.41, 5.74) is -8.74. The number of hydrogen-bond acceptors (Lipinski definition) is 20. The number of esters is 2. The molecule has 5 heterocycles. The lowest BCUT2D eigenvalue weighted by Gasteiger charge is -2.27. The van der Waals surface area contributed by atoms with Crippen LogP contribution in [-0.2, 0) is 56.2 Å². The van der Waals surface area contributed by atoms with E-state index in [2.05, 4.69) is 23.3 Å². The quantitative estimate of drug-likeness (QED) is 0.0449. The number of fused-ring (bicyclic) bond motifs is 5. The first kappa shape index (κ1) is 68.0. The Balaban J connectivity index is 0.000000275. The lowest BCUT2D eigenvalue weighted by Crippen LogP contribution is -2.48. The van der Waals surface area contributed by atoms with Crippen molar-refractivity contribution in [2.45, 2.75) is 127 Å². The van der Waals surface area contributed by atoms with E-state index in [4.69, 9.17) is 46.5 Å². The lowest BCUT2D eigenvalue weighted by atomic mass is 9.98. The Labute approximate surface area is 492 Å². The van der Waals surface area contributed by atoms with E-state index >= 15 is 8.78 Å². The van der Waals surface area contributed by atoms with Gasteiger partial charge in [0.25, 0.3) is 11.1 Å². The highest BCUT2D eigenvalue weighted by atomic mass is 31.2. The number of para-hydroxylation sites is 2. The Bertz CT molecular complexity index is 3410. The number of benzene rings is 2. The third-order valence-corrected chi connectivity index (χ3v) is 16.7. The van der Waals surface area contributed by atoms with Gasteiger partial charge in [-0.1, -0.05) is 60.7 Å². The van der Waals surface area contributed by atoms with E-state index in [1.807, 2.05) is 0 Å². The second-order valence-corrected chi connectivity index (χ2v) is 23.3. The van der Waals surface area contributed by atoms with Crippen LogP contribution in [0.3, 0.4) is 0 Å². The minimum Gasteiger partial charge on any atom is -0.464 e. The van der Waals surface area contributed by atoms with Gasteiger partial charge in [-0.3, -0.25) is 46.9 Å². The number of aromatic nitrogens is 4. The first-order valence-electron chi connectivity index (χ1n) is 27.1. The van der Waals surface area contributed by atoms with Crippen molar-refractivity contribution in [3.8, 4) is 11.5 Å². The van der Waals surface area contributed by atoms with E-state index in [1.54, 1.807) is 54.6 Å². The van der Waals surface area contributed by atoms with Gasteiger partial charge >= 0.3 is 38.8 Å². The van der Waals surface area contributed by atoms with E-state index in [-0.39, 0.29) is 50.4 Å². The number of halogens is 2. The number of ether oxygens (including phenoxy) is 6. The molecular weight excluding hydrogens is 1180 g/mol. The van der Waals surface area contributed by atoms with Gasteiger partial charge in [0.1, 0.15) is 48.0 Å². The molecule has 6 unspecified atom stereocenters. The average molecular weight is 1250 g/mol. The van der Waals surface area contributed by atoms with Gasteiger partial charge in [-0.25, -0.2) is 27.5 Å². The number of carbonyl (C=O) groups excluding carboxylic acids is 4. The van der Waals surface area contributed by atoms with E-state index in [0.29, 0.717) is 22.0 Å². The van der Waals surface area contributed by atoms with Crippen molar-refractivity contribution in [2.75, 3.05) is 40.6 Å². The fourth-order valence-electron chi connectivity index (χ4n) is 9.20. The van der Waals surface area contributed by atoms with Crippen LogP contribution in [0.5, 0.6) is 11.5 Å². The maximum atomic E-state index is 16.3. The van der Waals surface area contributed by atoms with Gasteiger partial charge in [-0.2, -0.15) is 19.3 Å². The van der Waals surface area contributed by atoms with Crippen molar-refractivity contribution in [1.29, 1.82) is 0 Å². The smallest absolute Gasteiger partial charge is 0.459 e. The number of cyclic esters (lactones) is 1. The minimum atomic E-state index is -4.36. The predicted octanol–water partition coefficient (Wildman–Crippen LogP) is 6.31. The lowest BCUT2D eigenvalue weighted by molar-refractivity contribution is -0.146. The van der Waals surface area contributed by atoms with E-state index in [0.717, 1.165) is 47.5 Å². The van der Waals surface area contributed by atoms with Crippen LogP contribution in [0.25, 0.3) is 0 Å². The fraction of sp³-hybridized carbons (Fsp3) is 0.464. The minimum absolute atomic E-state index is 0.00917. The van der Waals surface area contributed by atoms with Crippen molar-refractivity contribution in [2.24, 2.45) is 0 Å². The summed E-state index contributed by atoms with van der Waals surface area (Å²) in [6, 6.07) is 15.7. The van der Waals surface area contributed by atoms with Crippen molar-refractivity contribution >= 4 is 39.2 Å². The van der Waals surface area contributed by atoms with Crippen LogP contribution in [0.2, 0.25) is 0 Å². The first-order valence-corrected chi connectivity index (χ1v) is 30.2. The molecule has 4 aromatic rings. The van der Waals surface area contributed by atoms with E-state index in [1.165, 1.54) is 58.4 Å². The maximum absolute atomic E-state index is 16.3. The molecule has 26 nitrogen and oxygen atoms in total. The topological polar surface area (TPSA) is 307 Å². The van der Waals surface area contributed by atoms with Crippen LogP contribution in [-0.4, -0.2) is 131 Å². The van der Waals surface area contributed by atoms with Crippen molar-refractivity contribution in [1.82, 2.24) is 28.4 Å². The molecule has 2 N–H and O–H groups in total. The molecule has 2 aromatic heterocycles. The molecule has 468 valence electrons. The molecule has 0 radical (unpaired) electrons. The molecule has 12 atom stereocenters. The highest BCUT2D eigenvalue weighted by molar-refractivity contribution is 7.52. The number of nitrogens with one attached hydrogen (secondary N) is 2. The first-order chi connectivity index (χ1) is 40.8. The largest absolute Gasteiger partial charge is 0.464 e. The second-order valence-electron chi connectivity index (χ2n) is 19.9. The fourth-order valence-corrected chi connectivity index (χ4v) is 12.2. The highest BCUT2D eigenvalue weighted by Gasteiger charge is 2.58. The summed E-state index contributed by atoms with van der Waals surface area (Å²) in [4.78, 5) is 102. The number of allylic oxidation sites excluding steroid dienone is 2. The number of alkyl halides is 2. The Hall–Kier alpha value is -7.10. The molecule has 30 heteroatoms. The zero-order chi connectivity index (χ0) is 63.0. The normalized spacial score (nSPS) is 27.2. The molecule has 2 saturated heterocycles.